The minimum absolute atomic E-state index is 0.461. The van der Waals surface area contributed by atoms with E-state index in [1.807, 2.05) is 13.8 Å². The van der Waals surface area contributed by atoms with Crippen molar-refractivity contribution in [1.82, 2.24) is 0 Å². The van der Waals surface area contributed by atoms with Crippen molar-refractivity contribution in [2.45, 2.75) is 124 Å². The first kappa shape index (κ1) is 28.9. The summed E-state index contributed by atoms with van der Waals surface area (Å²) in [5.74, 6) is 1.98. The average Bonchev–Trinajstić information content (AvgIpc) is 2.94. The van der Waals surface area contributed by atoms with Crippen molar-refractivity contribution in [2.75, 3.05) is 0 Å². The zero-order chi connectivity index (χ0) is 24.5. The van der Waals surface area contributed by atoms with Crippen LogP contribution in [0, 0.1) is 17.8 Å². The topological polar surface area (TPSA) is 40.5 Å². The van der Waals surface area contributed by atoms with Crippen molar-refractivity contribution in [3.05, 3.63) is 47.1 Å². The van der Waals surface area contributed by atoms with Crippen LogP contribution in [0.25, 0.3) is 0 Å². The molecule has 0 fully saturated rings. The van der Waals surface area contributed by atoms with Gasteiger partial charge in [0, 0.05) is 0 Å². The van der Waals surface area contributed by atoms with E-state index >= 15 is 0 Å². The van der Waals surface area contributed by atoms with Crippen molar-refractivity contribution in [2.24, 2.45) is 17.8 Å². The third kappa shape index (κ3) is 10.2. The molecule has 0 saturated heterocycles. The summed E-state index contributed by atoms with van der Waals surface area (Å²) in [7, 11) is 0. The fourth-order valence-electron chi connectivity index (χ4n) is 4.92. The first-order valence-corrected chi connectivity index (χ1v) is 12.9. The normalized spacial score (nSPS) is 25.8. The fraction of sp³-hybridized carbons (Fsp3) is 0.733. The van der Waals surface area contributed by atoms with E-state index < -0.39 is 11.2 Å². The Morgan fingerprint density at radius 1 is 0.938 bits per heavy atom. The largest absolute Gasteiger partial charge is 0.390 e. The second-order valence-electron chi connectivity index (χ2n) is 11.5. The molecule has 4 atom stereocenters. The predicted molar refractivity (Wildman–Crippen MR) is 141 cm³/mol. The minimum Gasteiger partial charge on any atom is -0.390 e. The van der Waals surface area contributed by atoms with Gasteiger partial charge in [-0.05, 0) is 117 Å². The zero-order valence-corrected chi connectivity index (χ0v) is 22.4. The molecule has 0 spiro atoms. The molecule has 2 aliphatic rings. The summed E-state index contributed by atoms with van der Waals surface area (Å²) in [5.41, 5.74) is 4.97. The van der Waals surface area contributed by atoms with Crippen LogP contribution in [0.5, 0.6) is 0 Å². The maximum Gasteiger partial charge on any atom is 0.0800 e. The van der Waals surface area contributed by atoms with Crippen molar-refractivity contribution >= 4 is 0 Å². The quantitative estimate of drug-likeness (QED) is 0.369. The van der Waals surface area contributed by atoms with E-state index in [0.29, 0.717) is 5.92 Å². The molecule has 2 heteroatoms. The maximum absolute atomic E-state index is 10.2. The molecule has 0 saturated carbocycles. The smallest absolute Gasteiger partial charge is 0.0800 e. The van der Waals surface area contributed by atoms with Gasteiger partial charge in [0.1, 0.15) is 0 Å². The molecule has 0 aromatic rings. The number of allylic oxidation sites excluding steroid dienone is 6. The van der Waals surface area contributed by atoms with Crippen LogP contribution in [-0.4, -0.2) is 21.4 Å². The summed E-state index contributed by atoms with van der Waals surface area (Å²) >= 11 is 0. The van der Waals surface area contributed by atoms with Gasteiger partial charge in [-0.1, -0.05) is 54.4 Å². The van der Waals surface area contributed by atoms with Crippen LogP contribution in [0.15, 0.2) is 47.1 Å². The van der Waals surface area contributed by atoms with Gasteiger partial charge >= 0.3 is 0 Å². The molecular formula is C30H52O2. The molecule has 0 aliphatic heterocycles. The summed E-state index contributed by atoms with van der Waals surface area (Å²) in [5, 5.41) is 20.0. The van der Waals surface area contributed by atoms with Crippen LogP contribution in [0.2, 0.25) is 0 Å². The molecule has 0 radical (unpaired) electrons. The van der Waals surface area contributed by atoms with Gasteiger partial charge in [-0.15, -0.1) is 6.58 Å². The van der Waals surface area contributed by atoms with Crippen LogP contribution >= 0.6 is 0 Å². The van der Waals surface area contributed by atoms with Crippen molar-refractivity contribution in [1.29, 1.82) is 0 Å². The Balaban J connectivity index is 0.000000320. The summed E-state index contributed by atoms with van der Waals surface area (Å²) in [4.78, 5) is 0. The number of hydrogen-bond donors (Lipinski definition) is 2. The Labute approximate surface area is 199 Å². The van der Waals surface area contributed by atoms with Crippen molar-refractivity contribution in [3.63, 3.8) is 0 Å². The second kappa shape index (κ2) is 12.9. The fourth-order valence-corrected chi connectivity index (χ4v) is 4.92. The molecule has 0 heterocycles. The van der Waals surface area contributed by atoms with Crippen molar-refractivity contribution < 1.29 is 10.2 Å². The van der Waals surface area contributed by atoms with Gasteiger partial charge in [0.2, 0.25) is 0 Å². The first-order valence-electron chi connectivity index (χ1n) is 12.9. The molecule has 184 valence electrons. The van der Waals surface area contributed by atoms with Gasteiger partial charge in [0.05, 0.1) is 11.2 Å². The highest BCUT2D eigenvalue weighted by Crippen LogP contribution is 2.46. The van der Waals surface area contributed by atoms with E-state index in [-0.39, 0.29) is 0 Å². The van der Waals surface area contributed by atoms with Gasteiger partial charge in [-0.2, -0.15) is 0 Å². The molecule has 0 bridgehead atoms. The lowest BCUT2D eigenvalue weighted by Gasteiger charge is -2.30. The predicted octanol–water partition coefficient (Wildman–Crippen LogP) is 8.32. The highest BCUT2D eigenvalue weighted by atomic mass is 16.3. The third-order valence-electron chi connectivity index (χ3n) is 7.54. The molecule has 0 aromatic heterocycles. The number of hydrogen-bond acceptors (Lipinski definition) is 2. The van der Waals surface area contributed by atoms with E-state index in [4.69, 9.17) is 0 Å². The molecule has 2 rings (SSSR count). The Morgan fingerprint density at radius 2 is 1.56 bits per heavy atom. The number of aliphatic hydroxyl groups is 2. The summed E-state index contributed by atoms with van der Waals surface area (Å²) in [6.07, 6.45) is 16.2. The highest BCUT2D eigenvalue weighted by Gasteiger charge is 2.35. The van der Waals surface area contributed by atoms with Crippen LogP contribution < -0.4 is 0 Å². The van der Waals surface area contributed by atoms with Gasteiger partial charge in [0.25, 0.3) is 0 Å². The first-order chi connectivity index (χ1) is 14.8. The third-order valence-corrected chi connectivity index (χ3v) is 7.54. The van der Waals surface area contributed by atoms with Gasteiger partial charge < -0.3 is 10.2 Å². The lowest BCUT2D eigenvalue weighted by atomic mass is 9.81. The Hall–Kier alpha value is -1.12. The standard InChI is InChI=1S/2C15H26O/c1-10-5-7-12(15(3,4)16)9-14-11(2)6-8-13(10)14;1-6-15(5,16)12-8-11-14(4)10-7-9-13(2)3/h10-12,16H,5-9H2,1-4H3;6,9,11,16H,1,7-8,10,12H2,2-5H3/t10-,11-,12+;/m0./s1. The molecular weight excluding hydrogens is 392 g/mol. The van der Waals surface area contributed by atoms with Crippen molar-refractivity contribution in [3.8, 4) is 0 Å². The van der Waals surface area contributed by atoms with Gasteiger partial charge in [-0.3, -0.25) is 0 Å². The molecule has 1 unspecified atom stereocenters. The maximum atomic E-state index is 10.2. The Morgan fingerprint density at radius 3 is 2.12 bits per heavy atom. The van der Waals surface area contributed by atoms with E-state index in [9.17, 15) is 10.2 Å². The summed E-state index contributed by atoms with van der Waals surface area (Å²) < 4.78 is 0. The molecule has 0 amide bonds. The van der Waals surface area contributed by atoms with E-state index in [1.54, 1.807) is 24.1 Å². The van der Waals surface area contributed by atoms with E-state index in [0.717, 1.165) is 43.9 Å². The van der Waals surface area contributed by atoms with Crippen LogP contribution in [0.1, 0.15) is 113 Å². The average molecular weight is 445 g/mol. The molecule has 2 aliphatic carbocycles. The number of rotatable bonds is 8. The minimum atomic E-state index is -0.726. The molecule has 32 heavy (non-hydrogen) atoms. The summed E-state index contributed by atoms with van der Waals surface area (Å²) in [6.45, 7) is 20.5. The molecule has 0 aromatic carbocycles. The molecule has 2 N–H and O–H groups in total. The highest BCUT2D eigenvalue weighted by molar-refractivity contribution is 5.26. The van der Waals surface area contributed by atoms with E-state index in [1.165, 1.54) is 36.8 Å². The lowest BCUT2D eigenvalue weighted by Crippen LogP contribution is -2.31. The van der Waals surface area contributed by atoms with Gasteiger partial charge in [0.15, 0.2) is 0 Å². The van der Waals surface area contributed by atoms with Crippen LogP contribution in [0.3, 0.4) is 0 Å². The van der Waals surface area contributed by atoms with Crippen LogP contribution in [0.4, 0.5) is 0 Å². The SMILES string of the molecule is C=CC(C)(O)CCC=C(C)CCC=C(C)C.C[C@H]1CC[C@@H](C(C)(C)O)CC2=C1CC[C@@H]2C. The summed E-state index contributed by atoms with van der Waals surface area (Å²) in [6, 6.07) is 0. The van der Waals surface area contributed by atoms with Gasteiger partial charge in [-0.25, -0.2) is 0 Å². The van der Waals surface area contributed by atoms with Crippen LogP contribution in [-0.2, 0) is 0 Å². The lowest BCUT2D eigenvalue weighted by molar-refractivity contribution is 0.0119. The Kier molecular flexibility index (Phi) is 11.7. The zero-order valence-electron chi connectivity index (χ0n) is 22.4. The Bertz CT molecular complexity index is 680. The molecule has 2 nitrogen and oxygen atoms in total. The van der Waals surface area contributed by atoms with E-state index in [2.05, 4.69) is 53.3 Å². The second-order valence-corrected chi connectivity index (χ2v) is 11.5. The monoisotopic (exact) mass is 444 g/mol.